The number of hydrogen-bond donors (Lipinski definition) is 1. The highest BCUT2D eigenvalue weighted by Crippen LogP contribution is 2.08. The summed E-state index contributed by atoms with van der Waals surface area (Å²) in [6.45, 7) is 8.08. The molecule has 108 valence electrons. The Balaban J connectivity index is 1.87. The van der Waals surface area contributed by atoms with E-state index in [2.05, 4.69) is 29.2 Å². The van der Waals surface area contributed by atoms with Crippen LogP contribution in [0.15, 0.2) is 35.2 Å². The van der Waals surface area contributed by atoms with Crippen LogP contribution < -0.4 is 5.32 Å². The van der Waals surface area contributed by atoms with Crippen LogP contribution in [-0.4, -0.2) is 40.2 Å². The van der Waals surface area contributed by atoms with Crippen molar-refractivity contribution in [3.63, 3.8) is 0 Å². The van der Waals surface area contributed by atoms with Crippen molar-refractivity contribution in [1.29, 1.82) is 0 Å². The van der Waals surface area contributed by atoms with Crippen molar-refractivity contribution in [2.24, 2.45) is 0 Å². The number of carbonyl (C=O) groups is 1. The van der Waals surface area contributed by atoms with Crippen LogP contribution >= 0.6 is 0 Å². The van der Waals surface area contributed by atoms with Crippen molar-refractivity contribution in [3.05, 3.63) is 36.5 Å². The van der Waals surface area contributed by atoms with Gasteiger partial charge in [-0.15, -0.1) is 0 Å². The highest BCUT2D eigenvalue weighted by Gasteiger charge is 2.10. The van der Waals surface area contributed by atoms with Gasteiger partial charge < -0.3 is 14.6 Å². The third-order valence-electron chi connectivity index (χ3n) is 3.18. The molecule has 0 unspecified atom stereocenters. The van der Waals surface area contributed by atoms with Crippen molar-refractivity contribution in [2.45, 2.75) is 20.4 Å². The van der Waals surface area contributed by atoms with E-state index in [1.165, 1.54) is 6.26 Å². The number of nitrogens with one attached hydrogen (secondary N) is 1. The summed E-state index contributed by atoms with van der Waals surface area (Å²) in [4.78, 5) is 14.1. The topological polar surface area (TPSA) is 63.3 Å². The molecule has 0 saturated heterocycles. The van der Waals surface area contributed by atoms with Gasteiger partial charge in [-0.3, -0.25) is 9.48 Å². The maximum Gasteiger partial charge on any atom is 0.291 e. The van der Waals surface area contributed by atoms with Gasteiger partial charge >= 0.3 is 0 Å². The number of likely N-dealkylation sites (N-methyl/N-ethyl adjacent to an activating group) is 1. The molecule has 0 atom stereocenters. The Kier molecular flexibility index (Phi) is 4.95. The van der Waals surface area contributed by atoms with Gasteiger partial charge in [0.2, 0.25) is 0 Å². The number of nitrogens with zero attached hydrogens (tertiary/aromatic N) is 3. The van der Waals surface area contributed by atoms with Gasteiger partial charge in [0, 0.05) is 12.7 Å². The molecule has 0 fully saturated rings. The van der Waals surface area contributed by atoms with E-state index in [4.69, 9.17) is 4.42 Å². The summed E-state index contributed by atoms with van der Waals surface area (Å²) in [7, 11) is 0. The van der Waals surface area contributed by atoms with Crippen LogP contribution in [0.25, 0.3) is 0 Å². The summed E-state index contributed by atoms with van der Waals surface area (Å²) in [5.41, 5.74) is 0.672. The average Bonchev–Trinajstić information content (AvgIpc) is 3.11. The lowest BCUT2D eigenvalue weighted by Crippen LogP contribution is -2.27. The van der Waals surface area contributed by atoms with Crippen molar-refractivity contribution in [2.75, 3.05) is 25.0 Å². The molecule has 0 aliphatic carbocycles. The highest BCUT2D eigenvalue weighted by atomic mass is 16.3. The summed E-state index contributed by atoms with van der Waals surface area (Å²) in [6, 6.07) is 3.31. The van der Waals surface area contributed by atoms with Crippen LogP contribution in [0.3, 0.4) is 0 Å². The van der Waals surface area contributed by atoms with E-state index < -0.39 is 0 Å². The van der Waals surface area contributed by atoms with E-state index in [1.54, 1.807) is 18.3 Å². The first-order valence-corrected chi connectivity index (χ1v) is 6.82. The van der Waals surface area contributed by atoms with Gasteiger partial charge in [-0.05, 0) is 25.2 Å². The molecular formula is C14H20N4O2. The van der Waals surface area contributed by atoms with E-state index in [-0.39, 0.29) is 5.91 Å². The van der Waals surface area contributed by atoms with Crippen LogP contribution in [0.1, 0.15) is 24.4 Å². The van der Waals surface area contributed by atoms with Gasteiger partial charge in [0.25, 0.3) is 5.91 Å². The molecule has 2 aromatic rings. The van der Waals surface area contributed by atoms with Crippen LogP contribution in [0, 0.1) is 0 Å². The van der Waals surface area contributed by atoms with Crippen molar-refractivity contribution in [1.82, 2.24) is 14.7 Å². The highest BCUT2D eigenvalue weighted by molar-refractivity contribution is 6.02. The molecule has 2 heterocycles. The lowest BCUT2D eigenvalue weighted by atomic mass is 10.4. The molecule has 0 spiro atoms. The summed E-state index contributed by atoms with van der Waals surface area (Å²) >= 11 is 0. The third-order valence-corrected chi connectivity index (χ3v) is 3.18. The molecule has 1 N–H and O–H groups in total. The lowest BCUT2D eigenvalue weighted by molar-refractivity contribution is 0.0996. The zero-order valence-electron chi connectivity index (χ0n) is 11.9. The quantitative estimate of drug-likeness (QED) is 0.841. The van der Waals surface area contributed by atoms with Crippen LogP contribution in [0.4, 0.5) is 5.69 Å². The minimum absolute atomic E-state index is 0.265. The Morgan fingerprint density at radius 3 is 2.90 bits per heavy atom. The average molecular weight is 276 g/mol. The summed E-state index contributed by atoms with van der Waals surface area (Å²) < 4.78 is 6.87. The molecule has 2 aromatic heterocycles. The monoisotopic (exact) mass is 276 g/mol. The lowest BCUT2D eigenvalue weighted by Gasteiger charge is -2.17. The molecule has 1 amide bonds. The molecule has 2 rings (SSSR count). The first-order valence-electron chi connectivity index (χ1n) is 6.82. The molecule has 20 heavy (non-hydrogen) atoms. The second kappa shape index (κ2) is 6.91. The maximum absolute atomic E-state index is 11.8. The number of furan rings is 1. The van der Waals surface area contributed by atoms with Gasteiger partial charge in [-0.25, -0.2) is 0 Å². The first-order chi connectivity index (χ1) is 9.72. The van der Waals surface area contributed by atoms with E-state index in [0.717, 1.165) is 26.2 Å². The van der Waals surface area contributed by atoms with Gasteiger partial charge in [0.1, 0.15) is 0 Å². The molecule has 0 bridgehead atoms. The molecule has 0 aliphatic heterocycles. The Labute approximate surface area is 118 Å². The first kappa shape index (κ1) is 14.3. The smallest absolute Gasteiger partial charge is 0.291 e. The van der Waals surface area contributed by atoms with Crippen molar-refractivity contribution in [3.8, 4) is 0 Å². The van der Waals surface area contributed by atoms with E-state index in [0.29, 0.717) is 11.4 Å². The van der Waals surface area contributed by atoms with Gasteiger partial charge in [-0.1, -0.05) is 13.8 Å². The fourth-order valence-corrected chi connectivity index (χ4v) is 1.93. The standard InChI is InChI=1S/C14H20N4O2/c1-3-17(4-2)7-8-18-11-12(10-15-18)16-14(19)13-6-5-9-20-13/h5-6,9-11H,3-4,7-8H2,1-2H3,(H,16,19). The predicted molar refractivity (Wildman–Crippen MR) is 76.7 cm³/mol. The minimum atomic E-state index is -0.265. The summed E-state index contributed by atoms with van der Waals surface area (Å²) in [5.74, 6) is 0.0270. The molecule has 6 nitrogen and oxygen atoms in total. The number of amides is 1. The Bertz CT molecular complexity index is 529. The molecule has 6 heteroatoms. The second-order valence-corrected chi connectivity index (χ2v) is 4.45. The molecule has 0 aliphatic rings. The second-order valence-electron chi connectivity index (χ2n) is 4.45. The molecule has 0 radical (unpaired) electrons. The number of aromatic nitrogens is 2. The largest absolute Gasteiger partial charge is 0.459 e. The molecular weight excluding hydrogens is 256 g/mol. The van der Waals surface area contributed by atoms with E-state index in [9.17, 15) is 4.79 Å². The molecule has 0 saturated carbocycles. The Hall–Kier alpha value is -2.08. The normalized spacial score (nSPS) is 10.9. The zero-order valence-corrected chi connectivity index (χ0v) is 11.9. The zero-order chi connectivity index (χ0) is 14.4. The minimum Gasteiger partial charge on any atom is -0.459 e. The van der Waals surface area contributed by atoms with Crippen LogP contribution in [0.2, 0.25) is 0 Å². The summed E-state index contributed by atoms with van der Waals surface area (Å²) in [5, 5.41) is 6.99. The Morgan fingerprint density at radius 2 is 2.25 bits per heavy atom. The SMILES string of the molecule is CCN(CC)CCn1cc(NC(=O)c2ccco2)cn1. The fourth-order valence-electron chi connectivity index (χ4n) is 1.93. The Morgan fingerprint density at radius 1 is 1.45 bits per heavy atom. The third kappa shape index (κ3) is 3.71. The van der Waals surface area contributed by atoms with Gasteiger partial charge in [0.05, 0.1) is 24.7 Å². The molecule has 0 aromatic carbocycles. The number of carbonyl (C=O) groups excluding carboxylic acids is 1. The predicted octanol–water partition coefficient (Wildman–Crippen LogP) is 2.07. The van der Waals surface area contributed by atoms with Crippen molar-refractivity contribution < 1.29 is 9.21 Å². The number of anilines is 1. The van der Waals surface area contributed by atoms with Gasteiger partial charge in [0.15, 0.2) is 5.76 Å². The number of hydrogen-bond acceptors (Lipinski definition) is 4. The van der Waals surface area contributed by atoms with Crippen molar-refractivity contribution >= 4 is 11.6 Å². The van der Waals surface area contributed by atoms with Crippen LogP contribution in [0.5, 0.6) is 0 Å². The fraction of sp³-hybridized carbons (Fsp3) is 0.429. The number of rotatable bonds is 7. The maximum atomic E-state index is 11.8. The van der Waals surface area contributed by atoms with E-state index in [1.807, 2.05) is 10.9 Å². The van der Waals surface area contributed by atoms with Crippen LogP contribution in [-0.2, 0) is 6.54 Å². The summed E-state index contributed by atoms with van der Waals surface area (Å²) in [6.07, 6.45) is 4.94. The van der Waals surface area contributed by atoms with Gasteiger partial charge in [-0.2, -0.15) is 5.10 Å². The van der Waals surface area contributed by atoms with E-state index >= 15 is 0 Å².